The van der Waals surface area contributed by atoms with E-state index < -0.39 is 17.7 Å². The molecule has 0 aliphatic rings. The Hall–Kier alpha value is -3.63. The van der Waals surface area contributed by atoms with Crippen LogP contribution in [0.3, 0.4) is 0 Å². The molecular formula is C20H29N7O4. The molecule has 11 heteroatoms. The van der Waals surface area contributed by atoms with E-state index in [2.05, 4.69) is 25.7 Å². The quantitative estimate of drug-likeness (QED) is 0.325. The average Bonchev–Trinajstić information content (AvgIpc) is 3.02. The van der Waals surface area contributed by atoms with Crippen molar-refractivity contribution in [3.63, 3.8) is 0 Å². The summed E-state index contributed by atoms with van der Waals surface area (Å²) < 4.78 is 11.6. The monoisotopic (exact) mass is 431 g/mol. The second-order valence-electron chi connectivity index (χ2n) is 7.51. The fourth-order valence-electron chi connectivity index (χ4n) is 2.49. The van der Waals surface area contributed by atoms with E-state index in [-0.39, 0.29) is 5.95 Å². The van der Waals surface area contributed by atoms with E-state index in [1.165, 1.54) is 6.08 Å². The van der Waals surface area contributed by atoms with Crippen LogP contribution in [0.25, 0.3) is 11.9 Å². The SMILES string of the molecule is CCOC(=O)/C=C/c1cnn(-c2cc(NCCNC(=O)OC(C)(C)C)nc(N)n2)c1C. The molecule has 2 aromatic heterocycles. The number of ether oxygens (including phenoxy) is 2. The molecule has 2 aromatic rings. The summed E-state index contributed by atoms with van der Waals surface area (Å²) in [7, 11) is 0. The molecule has 0 saturated heterocycles. The van der Waals surface area contributed by atoms with Gasteiger partial charge in [0.1, 0.15) is 11.4 Å². The molecule has 4 N–H and O–H groups in total. The highest BCUT2D eigenvalue weighted by Gasteiger charge is 2.15. The molecule has 0 radical (unpaired) electrons. The number of hydrogen-bond donors (Lipinski definition) is 3. The third kappa shape index (κ3) is 7.61. The number of carbonyl (C=O) groups is 2. The molecular weight excluding hydrogens is 402 g/mol. The highest BCUT2D eigenvalue weighted by molar-refractivity contribution is 5.87. The molecule has 0 fully saturated rings. The van der Waals surface area contributed by atoms with Gasteiger partial charge in [0, 0.05) is 30.8 Å². The van der Waals surface area contributed by atoms with E-state index in [4.69, 9.17) is 15.2 Å². The molecule has 0 saturated carbocycles. The third-order valence-corrected chi connectivity index (χ3v) is 3.78. The van der Waals surface area contributed by atoms with E-state index in [0.29, 0.717) is 31.3 Å². The first-order chi connectivity index (χ1) is 14.6. The smallest absolute Gasteiger partial charge is 0.407 e. The first kappa shape index (κ1) is 23.6. The lowest BCUT2D eigenvalue weighted by Gasteiger charge is -2.19. The maximum atomic E-state index is 11.7. The number of amides is 1. The number of rotatable bonds is 8. The third-order valence-electron chi connectivity index (χ3n) is 3.78. The van der Waals surface area contributed by atoms with Crippen LogP contribution in [0.1, 0.15) is 39.0 Å². The molecule has 2 heterocycles. The van der Waals surface area contributed by atoms with Gasteiger partial charge in [-0.2, -0.15) is 15.1 Å². The summed E-state index contributed by atoms with van der Waals surface area (Å²) in [6.45, 7) is 10.0. The first-order valence-electron chi connectivity index (χ1n) is 9.84. The molecule has 0 aliphatic carbocycles. The fraction of sp³-hybridized carbons (Fsp3) is 0.450. The summed E-state index contributed by atoms with van der Waals surface area (Å²) in [5, 5.41) is 10.0. The van der Waals surface area contributed by atoms with E-state index in [0.717, 1.165) is 11.3 Å². The second kappa shape index (κ2) is 10.4. The van der Waals surface area contributed by atoms with Crippen LogP contribution in [-0.2, 0) is 14.3 Å². The summed E-state index contributed by atoms with van der Waals surface area (Å²) in [4.78, 5) is 31.6. The van der Waals surface area contributed by atoms with Crippen LogP contribution in [0.2, 0.25) is 0 Å². The zero-order chi connectivity index (χ0) is 23.0. The standard InChI is InChI=1S/C20H29N7O4/c1-6-30-17(28)8-7-14-12-24-27(13(14)2)16-11-15(25-18(21)26-16)22-9-10-23-19(29)31-20(3,4)5/h7-8,11-12H,6,9-10H2,1-5H3,(H,23,29)(H3,21,22,25,26)/b8-7+. The maximum Gasteiger partial charge on any atom is 0.407 e. The number of esters is 1. The lowest BCUT2D eigenvalue weighted by atomic mass is 10.2. The van der Waals surface area contributed by atoms with Gasteiger partial charge in [0.25, 0.3) is 0 Å². The van der Waals surface area contributed by atoms with Crippen molar-refractivity contribution in [1.29, 1.82) is 0 Å². The molecule has 0 atom stereocenters. The lowest BCUT2D eigenvalue weighted by Crippen LogP contribution is -2.35. The van der Waals surface area contributed by atoms with Gasteiger partial charge in [-0.1, -0.05) is 0 Å². The van der Waals surface area contributed by atoms with Crippen molar-refractivity contribution in [3.05, 3.63) is 29.6 Å². The van der Waals surface area contributed by atoms with Crippen molar-refractivity contribution >= 4 is 29.9 Å². The molecule has 2 rings (SSSR count). The number of nitrogens with two attached hydrogens (primary N) is 1. The molecule has 11 nitrogen and oxygen atoms in total. The molecule has 0 spiro atoms. The van der Waals surface area contributed by atoms with Crippen LogP contribution >= 0.6 is 0 Å². The van der Waals surface area contributed by atoms with Crippen LogP contribution in [0.5, 0.6) is 0 Å². The number of nitrogens with one attached hydrogen (secondary N) is 2. The predicted octanol–water partition coefficient (Wildman–Crippen LogP) is 2.07. The molecule has 0 unspecified atom stereocenters. The summed E-state index contributed by atoms with van der Waals surface area (Å²) in [5.74, 6) is 0.585. The number of carbonyl (C=O) groups excluding carboxylic acids is 2. The Bertz CT molecular complexity index is 947. The van der Waals surface area contributed by atoms with Crippen LogP contribution in [-0.4, -0.2) is 57.1 Å². The lowest BCUT2D eigenvalue weighted by molar-refractivity contribution is -0.137. The average molecular weight is 431 g/mol. The highest BCUT2D eigenvalue weighted by Crippen LogP contribution is 2.17. The minimum absolute atomic E-state index is 0.0682. The van der Waals surface area contributed by atoms with Crippen LogP contribution in [0, 0.1) is 6.92 Å². The van der Waals surface area contributed by atoms with Crippen LogP contribution < -0.4 is 16.4 Å². The number of hydrogen-bond acceptors (Lipinski definition) is 9. The molecule has 1 amide bonds. The Kier molecular flexibility index (Phi) is 7.94. The van der Waals surface area contributed by atoms with E-state index in [1.807, 2.05) is 6.92 Å². The van der Waals surface area contributed by atoms with Gasteiger partial charge in [-0.15, -0.1) is 0 Å². The fourth-order valence-corrected chi connectivity index (χ4v) is 2.49. The number of aromatic nitrogens is 4. The maximum absolute atomic E-state index is 11.7. The van der Waals surface area contributed by atoms with E-state index >= 15 is 0 Å². The van der Waals surface area contributed by atoms with E-state index in [1.54, 1.807) is 50.7 Å². The Morgan fingerprint density at radius 1 is 1.26 bits per heavy atom. The van der Waals surface area contributed by atoms with E-state index in [9.17, 15) is 9.59 Å². The Morgan fingerprint density at radius 2 is 2.00 bits per heavy atom. The molecule has 31 heavy (non-hydrogen) atoms. The van der Waals surface area contributed by atoms with Crippen molar-refractivity contribution in [3.8, 4) is 5.82 Å². The first-order valence-corrected chi connectivity index (χ1v) is 9.84. The molecule has 168 valence electrons. The summed E-state index contributed by atoms with van der Waals surface area (Å²) >= 11 is 0. The number of nitrogens with zero attached hydrogens (tertiary/aromatic N) is 4. The van der Waals surface area contributed by atoms with Crippen LogP contribution in [0.15, 0.2) is 18.3 Å². The van der Waals surface area contributed by atoms with Crippen molar-refractivity contribution in [2.45, 2.75) is 40.2 Å². The Morgan fingerprint density at radius 3 is 2.68 bits per heavy atom. The van der Waals surface area contributed by atoms with Crippen molar-refractivity contribution in [1.82, 2.24) is 25.1 Å². The molecule has 0 bridgehead atoms. The molecule has 0 aromatic carbocycles. The Balaban J connectivity index is 2.03. The van der Waals surface area contributed by atoms with Gasteiger partial charge < -0.3 is 25.8 Å². The molecule has 0 aliphatic heterocycles. The van der Waals surface area contributed by atoms with Gasteiger partial charge in [0.05, 0.1) is 18.5 Å². The summed E-state index contributed by atoms with van der Waals surface area (Å²) in [6, 6.07) is 1.68. The van der Waals surface area contributed by atoms with Gasteiger partial charge in [0.15, 0.2) is 5.82 Å². The van der Waals surface area contributed by atoms with Gasteiger partial charge >= 0.3 is 12.1 Å². The minimum Gasteiger partial charge on any atom is -0.463 e. The predicted molar refractivity (Wildman–Crippen MR) is 117 cm³/mol. The van der Waals surface area contributed by atoms with Crippen molar-refractivity contribution in [2.24, 2.45) is 0 Å². The second-order valence-corrected chi connectivity index (χ2v) is 7.51. The summed E-state index contributed by atoms with van der Waals surface area (Å²) in [6.07, 6.45) is 4.09. The van der Waals surface area contributed by atoms with Crippen molar-refractivity contribution in [2.75, 3.05) is 30.7 Å². The normalized spacial score (nSPS) is 11.4. The van der Waals surface area contributed by atoms with Crippen molar-refractivity contribution < 1.29 is 19.1 Å². The van der Waals surface area contributed by atoms with Gasteiger partial charge in [-0.05, 0) is 40.7 Å². The number of alkyl carbamates (subject to hydrolysis) is 1. The van der Waals surface area contributed by atoms with Gasteiger partial charge in [0.2, 0.25) is 5.95 Å². The minimum atomic E-state index is -0.556. The number of nitrogen functional groups attached to an aromatic ring is 1. The van der Waals surface area contributed by atoms with Crippen LogP contribution in [0.4, 0.5) is 16.6 Å². The number of anilines is 2. The zero-order valence-corrected chi connectivity index (χ0v) is 18.4. The topological polar surface area (TPSA) is 146 Å². The van der Waals surface area contributed by atoms with Gasteiger partial charge in [-0.3, -0.25) is 0 Å². The van der Waals surface area contributed by atoms with Gasteiger partial charge in [-0.25, -0.2) is 14.3 Å². The Labute approximate surface area is 181 Å². The summed E-state index contributed by atoms with van der Waals surface area (Å²) in [5.41, 5.74) is 6.78. The zero-order valence-electron chi connectivity index (χ0n) is 18.4. The largest absolute Gasteiger partial charge is 0.463 e. The highest BCUT2D eigenvalue weighted by atomic mass is 16.6.